The zero-order valence-corrected chi connectivity index (χ0v) is 11.7. The first-order chi connectivity index (χ1) is 10.1. The maximum absolute atomic E-state index is 13.4. The summed E-state index contributed by atoms with van der Waals surface area (Å²) >= 11 is 0. The van der Waals surface area contributed by atoms with Crippen LogP contribution in [-0.2, 0) is 6.42 Å². The number of amides is 2. The van der Waals surface area contributed by atoms with Gasteiger partial charge in [0.1, 0.15) is 11.6 Å². The number of hydrogen-bond acceptors (Lipinski definition) is 2. The highest BCUT2D eigenvalue weighted by molar-refractivity contribution is 5.73. The van der Waals surface area contributed by atoms with Gasteiger partial charge in [-0.1, -0.05) is 12.5 Å². The molecule has 2 amide bonds. The predicted octanol–water partition coefficient (Wildman–Crippen LogP) is 1.97. The molecule has 6 heteroatoms. The Morgan fingerprint density at radius 2 is 2.10 bits per heavy atom. The van der Waals surface area contributed by atoms with E-state index in [9.17, 15) is 18.7 Å². The number of rotatable bonds is 5. The third kappa shape index (κ3) is 4.67. The monoisotopic (exact) mass is 298 g/mol. The molecule has 3 N–H and O–H groups in total. The Hall–Kier alpha value is -1.69. The van der Waals surface area contributed by atoms with E-state index in [4.69, 9.17) is 0 Å². The minimum absolute atomic E-state index is 0.116. The Labute approximate surface area is 122 Å². The van der Waals surface area contributed by atoms with Gasteiger partial charge in [0.05, 0.1) is 6.10 Å². The van der Waals surface area contributed by atoms with Gasteiger partial charge in [0, 0.05) is 25.1 Å². The minimum Gasteiger partial charge on any atom is -0.393 e. The average Bonchev–Trinajstić information content (AvgIpc) is 2.84. The first-order valence-electron chi connectivity index (χ1n) is 7.20. The lowest BCUT2D eigenvalue weighted by molar-refractivity contribution is 0.132. The summed E-state index contributed by atoms with van der Waals surface area (Å²) < 4.78 is 26.1. The van der Waals surface area contributed by atoms with Crippen molar-refractivity contribution < 1.29 is 18.7 Å². The lowest BCUT2D eigenvalue weighted by atomic mass is 10.1. The van der Waals surface area contributed by atoms with Gasteiger partial charge in [-0.2, -0.15) is 0 Å². The maximum Gasteiger partial charge on any atom is 0.314 e. The maximum atomic E-state index is 13.4. The fourth-order valence-electron chi connectivity index (χ4n) is 2.58. The highest BCUT2D eigenvalue weighted by atomic mass is 19.1. The van der Waals surface area contributed by atoms with Crippen molar-refractivity contribution in [3.63, 3.8) is 0 Å². The molecule has 0 spiro atoms. The molecule has 4 nitrogen and oxygen atoms in total. The second kappa shape index (κ2) is 7.36. The van der Waals surface area contributed by atoms with Crippen LogP contribution in [0.2, 0.25) is 0 Å². The number of benzene rings is 1. The molecule has 0 radical (unpaired) electrons. The minimum atomic E-state index is -0.614. The molecule has 2 rings (SSSR count). The van der Waals surface area contributed by atoms with E-state index in [2.05, 4.69) is 10.6 Å². The van der Waals surface area contributed by atoms with Crippen molar-refractivity contribution in [1.82, 2.24) is 10.6 Å². The summed E-state index contributed by atoms with van der Waals surface area (Å²) in [5, 5.41) is 15.0. The molecular weight excluding hydrogens is 278 g/mol. The van der Waals surface area contributed by atoms with Crippen molar-refractivity contribution in [2.75, 3.05) is 13.1 Å². The largest absolute Gasteiger partial charge is 0.393 e. The van der Waals surface area contributed by atoms with Crippen LogP contribution in [-0.4, -0.2) is 30.3 Å². The van der Waals surface area contributed by atoms with E-state index in [-0.39, 0.29) is 24.6 Å². The molecule has 0 aliphatic heterocycles. The van der Waals surface area contributed by atoms with Gasteiger partial charge in [0.2, 0.25) is 0 Å². The van der Waals surface area contributed by atoms with Gasteiger partial charge in [-0.25, -0.2) is 13.6 Å². The Morgan fingerprint density at radius 1 is 1.29 bits per heavy atom. The third-order valence-electron chi connectivity index (χ3n) is 3.84. The van der Waals surface area contributed by atoms with Crippen molar-refractivity contribution in [2.24, 2.45) is 5.92 Å². The van der Waals surface area contributed by atoms with Crippen LogP contribution in [0.1, 0.15) is 24.8 Å². The number of carbonyl (C=O) groups excluding carboxylic acids is 1. The smallest absolute Gasteiger partial charge is 0.314 e. The van der Waals surface area contributed by atoms with E-state index < -0.39 is 11.6 Å². The number of nitrogens with one attached hydrogen (secondary N) is 2. The van der Waals surface area contributed by atoms with Gasteiger partial charge in [0.25, 0.3) is 0 Å². The Kier molecular flexibility index (Phi) is 5.50. The zero-order chi connectivity index (χ0) is 15.2. The molecule has 1 aliphatic rings. The molecule has 1 aromatic rings. The third-order valence-corrected chi connectivity index (χ3v) is 3.84. The summed E-state index contributed by atoms with van der Waals surface area (Å²) in [6.45, 7) is 0.708. The predicted molar refractivity (Wildman–Crippen MR) is 74.8 cm³/mol. The van der Waals surface area contributed by atoms with Crippen molar-refractivity contribution in [2.45, 2.75) is 31.8 Å². The molecule has 1 aliphatic carbocycles. The second-order valence-electron chi connectivity index (χ2n) is 5.38. The van der Waals surface area contributed by atoms with Gasteiger partial charge in [0.15, 0.2) is 0 Å². The van der Waals surface area contributed by atoms with Crippen LogP contribution in [0, 0.1) is 17.6 Å². The molecule has 0 heterocycles. The number of halogens is 2. The van der Waals surface area contributed by atoms with Crippen LogP contribution in [0.15, 0.2) is 18.2 Å². The zero-order valence-electron chi connectivity index (χ0n) is 11.7. The van der Waals surface area contributed by atoms with Crippen LogP contribution in [0.3, 0.4) is 0 Å². The van der Waals surface area contributed by atoms with Gasteiger partial charge < -0.3 is 15.7 Å². The number of hydrogen-bond donors (Lipinski definition) is 3. The summed E-state index contributed by atoms with van der Waals surface area (Å²) in [5.74, 6) is -1.10. The molecule has 1 aromatic carbocycles. The highest BCUT2D eigenvalue weighted by Gasteiger charge is 2.25. The SMILES string of the molecule is O=C(NCCc1ccc(F)cc1F)NC[C@H]1CCC[C@@H]1O. The van der Waals surface area contributed by atoms with Crippen LogP contribution in [0.25, 0.3) is 0 Å². The number of urea groups is 1. The number of aliphatic hydroxyl groups excluding tert-OH is 1. The summed E-state index contributed by atoms with van der Waals surface area (Å²) in [4.78, 5) is 11.6. The summed E-state index contributed by atoms with van der Waals surface area (Å²) in [6.07, 6.45) is 2.66. The van der Waals surface area contributed by atoms with Crippen LogP contribution >= 0.6 is 0 Å². The van der Waals surface area contributed by atoms with E-state index in [1.165, 1.54) is 12.1 Å². The van der Waals surface area contributed by atoms with Crippen LogP contribution in [0.4, 0.5) is 13.6 Å². The van der Waals surface area contributed by atoms with E-state index in [0.29, 0.717) is 18.5 Å². The number of carbonyl (C=O) groups is 1. The van der Waals surface area contributed by atoms with Crippen molar-refractivity contribution in [1.29, 1.82) is 0 Å². The molecular formula is C15H20F2N2O2. The van der Waals surface area contributed by atoms with Crippen molar-refractivity contribution in [3.05, 3.63) is 35.4 Å². The van der Waals surface area contributed by atoms with E-state index >= 15 is 0 Å². The van der Waals surface area contributed by atoms with Crippen LogP contribution in [0.5, 0.6) is 0 Å². The molecule has 116 valence electrons. The van der Waals surface area contributed by atoms with Gasteiger partial charge >= 0.3 is 6.03 Å². The van der Waals surface area contributed by atoms with Crippen molar-refractivity contribution >= 4 is 6.03 Å². The van der Waals surface area contributed by atoms with Gasteiger partial charge in [-0.15, -0.1) is 0 Å². The fraction of sp³-hybridized carbons (Fsp3) is 0.533. The molecule has 1 fully saturated rings. The fourth-order valence-corrected chi connectivity index (χ4v) is 2.58. The lowest BCUT2D eigenvalue weighted by Gasteiger charge is -2.15. The molecule has 1 saturated carbocycles. The van der Waals surface area contributed by atoms with E-state index in [1.54, 1.807) is 0 Å². The second-order valence-corrected chi connectivity index (χ2v) is 5.38. The lowest BCUT2D eigenvalue weighted by Crippen LogP contribution is -2.40. The quantitative estimate of drug-likeness (QED) is 0.778. The Morgan fingerprint density at radius 3 is 2.76 bits per heavy atom. The Bertz CT molecular complexity index is 497. The normalized spacial score (nSPS) is 21.3. The molecule has 0 saturated heterocycles. The summed E-state index contributed by atoms with van der Waals surface area (Å²) in [7, 11) is 0. The Balaban J connectivity index is 1.67. The summed E-state index contributed by atoms with van der Waals surface area (Å²) in [5.41, 5.74) is 0.364. The molecule has 21 heavy (non-hydrogen) atoms. The molecule has 0 aromatic heterocycles. The van der Waals surface area contributed by atoms with E-state index in [1.807, 2.05) is 0 Å². The van der Waals surface area contributed by atoms with Gasteiger partial charge in [-0.3, -0.25) is 0 Å². The van der Waals surface area contributed by atoms with E-state index in [0.717, 1.165) is 25.3 Å². The highest BCUT2D eigenvalue weighted by Crippen LogP contribution is 2.24. The topological polar surface area (TPSA) is 61.4 Å². The molecule has 2 atom stereocenters. The first-order valence-corrected chi connectivity index (χ1v) is 7.20. The van der Waals surface area contributed by atoms with Crippen molar-refractivity contribution in [3.8, 4) is 0 Å². The van der Waals surface area contributed by atoms with Gasteiger partial charge in [-0.05, 0) is 30.9 Å². The van der Waals surface area contributed by atoms with Crippen LogP contribution < -0.4 is 10.6 Å². The first kappa shape index (κ1) is 15.7. The molecule has 0 unspecified atom stereocenters. The average molecular weight is 298 g/mol. The number of aliphatic hydroxyl groups is 1. The summed E-state index contributed by atoms with van der Waals surface area (Å²) in [6, 6.07) is 3.06. The standard InChI is InChI=1S/C15H20F2N2O2/c16-12-5-4-10(13(17)8-12)6-7-18-15(21)19-9-11-2-1-3-14(11)20/h4-5,8,11,14,20H,1-3,6-7,9H2,(H2,18,19,21)/t11-,14+/m1/s1. The molecule has 0 bridgehead atoms.